The van der Waals surface area contributed by atoms with Gasteiger partial charge in [0.25, 0.3) is 0 Å². The fourth-order valence-corrected chi connectivity index (χ4v) is 3.66. The number of rotatable bonds is 3. The van der Waals surface area contributed by atoms with Crippen LogP contribution < -0.4 is 5.32 Å². The minimum Gasteiger partial charge on any atom is -0.314 e. The molecule has 0 amide bonds. The average molecular weight is 266 g/mol. The Labute approximate surface area is 120 Å². The van der Waals surface area contributed by atoms with E-state index in [1.807, 2.05) is 0 Å². The van der Waals surface area contributed by atoms with Crippen molar-refractivity contribution in [2.75, 3.05) is 26.2 Å². The molecule has 0 spiro atoms. The Kier molecular flexibility index (Phi) is 6.15. The highest BCUT2D eigenvalue weighted by atomic mass is 15.1. The third kappa shape index (κ3) is 5.43. The van der Waals surface area contributed by atoms with Gasteiger partial charge in [-0.2, -0.15) is 0 Å². The number of hydrogen-bond acceptors (Lipinski definition) is 2. The van der Waals surface area contributed by atoms with Crippen LogP contribution in [0.2, 0.25) is 0 Å². The zero-order valence-corrected chi connectivity index (χ0v) is 13.3. The molecule has 1 aliphatic heterocycles. The number of nitrogens with one attached hydrogen (secondary N) is 1. The van der Waals surface area contributed by atoms with E-state index in [0.29, 0.717) is 6.04 Å². The van der Waals surface area contributed by atoms with E-state index in [1.54, 1.807) is 0 Å². The largest absolute Gasteiger partial charge is 0.314 e. The Hall–Kier alpha value is -0.0800. The van der Waals surface area contributed by atoms with Crippen molar-refractivity contribution >= 4 is 0 Å². The standard InChI is InChI=1S/C17H34N2/c1-14-4-6-17(7-5-14)9-11-19-10-8-16(3)18-12-15(2)13-19/h14-18H,4-13H2,1-3H3. The Morgan fingerprint density at radius 2 is 1.68 bits per heavy atom. The summed E-state index contributed by atoms with van der Waals surface area (Å²) in [5.74, 6) is 2.81. The van der Waals surface area contributed by atoms with Crippen molar-refractivity contribution in [2.24, 2.45) is 17.8 Å². The lowest BCUT2D eigenvalue weighted by molar-refractivity contribution is 0.176. The van der Waals surface area contributed by atoms with Gasteiger partial charge in [0.05, 0.1) is 0 Å². The topological polar surface area (TPSA) is 15.3 Å². The van der Waals surface area contributed by atoms with Crippen molar-refractivity contribution < 1.29 is 0 Å². The molecule has 112 valence electrons. The quantitative estimate of drug-likeness (QED) is 0.841. The van der Waals surface area contributed by atoms with Crippen LogP contribution >= 0.6 is 0 Å². The molecule has 19 heavy (non-hydrogen) atoms. The fourth-order valence-electron chi connectivity index (χ4n) is 3.66. The summed E-state index contributed by atoms with van der Waals surface area (Å²) in [6.07, 6.45) is 8.69. The molecule has 2 nitrogen and oxygen atoms in total. The highest BCUT2D eigenvalue weighted by Crippen LogP contribution is 2.30. The lowest BCUT2D eigenvalue weighted by Gasteiger charge is -2.33. The fraction of sp³-hybridized carbons (Fsp3) is 1.00. The molecular weight excluding hydrogens is 232 g/mol. The summed E-state index contributed by atoms with van der Waals surface area (Å²) in [7, 11) is 0. The van der Waals surface area contributed by atoms with Gasteiger partial charge in [-0.25, -0.2) is 0 Å². The highest BCUT2D eigenvalue weighted by molar-refractivity contribution is 4.76. The van der Waals surface area contributed by atoms with Crippen LogP contribution in [0.1, 0.15) is 59.3 Å². The number of hydrogen-bond donors (Lipinski definition) is 1. The molecule has 0 aromatic heterocycles. The average Bonchev–Trinajstić information content (AvgIpc) is 2.39. The maximum Gasteiger partial charge on any atom is 0.00510 e. The first kappa shape index (κ1) is 15.3. The van der Waals surface area contributed by atoms with Crippen molar-refractivity contribution in [1.82, 2.24) is 10.2 Å². The highest BCUT2D eigenvalue weighted by Gasteiger charge is 2.20. The van der Waals surface area contributed by atoms with Gasteiger partial charge in [0.2, 0.25) is 0 Å². The zero-order chi connectivity index (χ0) is 13.7. The zero-order valence-electron chi connectivity index (χ0n) is 13.3. The van der Waals surface area contributed by atoms with Gasteiger partial charge in [-0.05, 0) is 57.2 Å². The summed E-state index contributed by atoms with van der Waals surface area (Å²) >= 11 is 0. The van der Waals surface area contributed by atoms with Crippen LogP contribution in [0.4, 0.5) is 0 Å². The molecule has 2 unspecified atom stereocenters. The monoisotopic (exact) mass is 266 g/mol. The first-order chi connectivity index (χ1) is 9.13. The third-order valence-corrected chi connectivity index (χ3v) is 5.25. The first-order valence-electron chi connectivity index (χ1n) is 8.59. The summed E-state index contributed by atoms with van der Waals surface area (Å²) < 4.78 is 0. The van der Waals surface area contributed by atoms with Gasteiger partial charge >= 0.3 is 0 Å². The summed E-state index contributed by atoms with van der Waals surface area (Å²) in [6, 6.07) is 0.695. The van der Waals surface area contributed by atoms with Gasteiger partial charge in [-0.3, -0.25) is 0 Å². The SMILES string of the molecule is CC1CCC(CCN2CCC(C)NCC(C)C2)CC1. The Morgan fingerprint density at radius 1 is 0.947 bits per heavy atom. The van der Waals surface area contributed by atoms with Gasteiger partial charge in [0, 0.05) is 12.6 Å². The molecule has 1 heterocycles. The second kappa shape index (κ2) is 7.64. The molecule has 0 aromatic carbocycles. The third-order valence-electron chi connectivity index (χ3n) is 5.25. The van der Waals surface area contributed by atoms with Gasteiger partial charge in [-0.15, -0.1) is 0 Å². The predicted molar refractivity (Wildman–Crippen MR) is 83.4 cm³/mol. The molecule has 2 aliphatic rings. The van der Waals surface area contributed by atoms with E-state index in [9.17, 15) is 0 Å². The van der Waals surface area contributed by atoms with Crippen molar-refractivity contribution in [3.8, 4) is 0 Å². The van der Waals surface area contributed by atoms with Crippen LogP contribution in [-0.4, -0.2) is 37.1 Å². The molecule has 0 radical (unpaired) electrons. The molecule has 1 aliphatic carbocycles. The van der Waals surface area contributed by atoms with Crippen LogP contribution in [0.5, 0.6) is 0 Å². The summed E-state index contributed by atoms with van der Waals surface area (Å²) in [5, 5.41) is 3.64. The van der Waals surface area contributed by atoms with E-state index in [-0.39, 0.29) is 0 Å². The molecule has 1 N–H and O–H groups in total. The summed E-state index contributed by atoms with van der Waals surface area (Å²) in [5.41, 5.74) is 0. The Bertz CT molecular complexity index is 246. The van der Waals surface area contributed by atoms with E-state index < -0.39 is 0 Å². The Balaban J connectivity index is 1.71. The lowest BCUT2D eigenvalue weighted by atomic mass is 9.81. The minimum absolute atomic E-state index is 0.695. The van der Waals surface area contributed by atoms with Crippen molar-refractivity contribution in [3.05, 3.63) is 0 Å². The minimum atomic E-state index is 0.695. The predicted octanol–water partition coefficient (Wildman–Crippen LogP) is 3.52. The van der Waals surface area contributed by atoms with E-state index in [0.717, 1.165) is 17.8 Å². The van der Waals surface area contributed by atoms with Crippen LogP contribution in [0.15, 0.2) is 0 Å². The van der Waals surface area contributed by atoms with Crippen LogP contribution in [0, 0.1) is 17.8 Å². The normalized spacial score (nSPS) is 38.7. The van der Waals surface area contributed by atoms with E-state index in [4.69, 9.17) is 0 Å². The molecule has 2 rings (SSSR count). The maximum absolute atomic E-state index is 3.64. The van der Waals surface area contributed by atoms with Crippen molar-refractivity contribution in [2.45, 2.75) is 65.3 Å². The van der Waals surface area contributed by atoms with E-state index in [1.165, 1.54) is 64.7 Å². The van der Waals surface area contributed by atoms with E-state index >= 15 is 0 Å². The first-order valence-corrected chi connectivity index (χ1v) is 8.59. The van der Waals surface area contributed by atoms with Crippen LogP contribution in [0.25, 0.3) is 0 Å². The smallest absolute Gasteiger partial charge is 0.00510 e. The van der Waals surface area contributed by atoms with Gasteiger partial charge < -0.3 is 10.2 Å². The van der Waals surface area contributed by atoms with Crippen molar-refractivity contribution in [1.29, 1.82) is 0 Å². The van der Waals surface area contributed by atoms with Gasteiger partial charge in [0.1, 0.15) is 0 Å². The lowest BCUT2D eigenvalue weighted by Crippen LogP contribution is -2.43. The van der Waals surface area contributed by atoms with Gasteiger partial charge in [-0.1, -0.05) is 39.5 Å². The second-order valence-electron chi connectivity index (χ2n) is 7.42. The van der Waals surface area contributed by atoms with E-state index in [2.05, 4.69) is 31.0 Å². The maximum atomic E-state index is 3.64. The molecule has 2 fully saturated rings. The second-order valence-corrected chi connectivity index (χ2v) is 7.42. The molecule has 1 saturated carbocycles. The molecule has 0 aromatic rings. The molecule has 2 atom stereocenters. The molecule has 2 heteroatoms. The molecule has 1 saturated heterocycles. The van der Waals surface area contributed by atoms with Crippen molar-refractivity contribution in [3.63, 3.8) is 0 Å². The number of nitrogens with zero attached hydrogens (tertiary/aromatic N) is 1. The summed E-state index contributed by atoms with van der Waals surface area (Å²) in [4.78, 5) is 2.74. The van der Waals surface area contributed by atoms with Crippen LogP contribution in [-0.2, 0) is 0 Å². The molecular formula is C17H34N2. The molecule has 0 bridgehead atoms. The Morgan fingerprint density at radius 3 is 2.42 bits per heavy atom. The summed E-state index contributed by atoms with van der Waals surface area (Å²) in [6.45, 7) is 12.3. The van der Waals surface area contributed by atoms with Gasteiger partial charge in [0.15, 0.2) is 0 Å². The van der Waals surface area contributed by atoms with Crippen LogP contribution in [0.3, 0.4) is 0 Å².